The molecule has 8 nitrogen and oxygen atoms in total. The van der Waals surface area contributed by atoms with E-state index >= 15 is 0 Å². The van der Waals surface area contributed by atoms with Crippen molar-refractivity contribution in [2.45, 2.75) is 0 Å². The number of fused-ring (bicyclic) bond motifs is 1. The van der Waals surface area contributed by atoms with E-state index in [0.29, 0.717) is 29.3 Å². The van der Waals surface area contributed by atoms with Crippen molar-refractivity contribution in [3.8, 4) is 17.1 Å². The molecule has 3 heterocycles. The van der Waals surface area contributed by atoms with Crippen LogP contribution in [0.4, 0.5) is 0 Å². The number of pyridine rings is 1. The predicted octanol–water partition coefficient (Wildman–Crippen LogP) is 1.01. The lowest BCUT2D eigenvalue weighted by molar-refractivity contribution is 0.100. The van der Waals surface area contributed by atoms with Crippen molar-refractivity contribution in [3.63, 3.8) is 0 Å². The van der Waals surface area contributed by atoms with E-state index in [0.717, 1.165) is 43.8 Å². The number of rotatable bonds is 6. The standard InChI is InChI=1S/C19H22N6O2/c20-18(26)13-2-1-3-15-17(13)24-19(23-15)14-12-22-5-4-16(14)27-11-10-25-8-6-21-7-9-25/h1-5,12,21H,6-11H2,(H2,20,26)(H,23,24). The molecule has 140 valence electrons. The molecule has 1 aliphatic heterocycles. The van der Waals surface area contributed by atoms with Gasteiger partial charge in [-0.05, 0) is 18.2 Å². The van der Waals surface area contributed by atoms with Crippen molar-refractivity contribution < 1.29 is 9.53 Å². The summed E-state index contributed by atoms with van der Waals surface area (Å²) in [7, 11) is 0. The number of H-pyrrole nitrogens is 1. The van der Waals surface area contributed by atoms with Crippen molar-refractivity contribution >= 4 is 16.9 Å². The molecule has 2 aromatic heterocycles. The first-order valence-electron chi connectivity index (χ1n) is 9.01. The lowest BCUT2D eigenvalue weighted by Crippen LogP contribution is -2.44. The third kappa shape index (κ3) is 3.76. The Labute approximate surface area is 156 Å². The second-order valence-corrected chi connectivity index (χ2v) is 6.46. The smallest absolute Gasteiger partial charge is 0.250 e. The monoisotopic (exact) mass is 366 g/mol. The maximum absolute atomic E-state index is 11.6. The van der Waals surface area contributed by atoms with Crippen molar-refractivity contribution in [1.29, 1.82) is 0 Å². The van der Waals surface area contributed by atoms with Crippen molar-refractivity contribution in [1.82, 2.24) is 25.2 Å². The number of hydrogen-bond donors (Lipinski definition) is 3. The van der Waals surface area contributed by atoms with Gasteiger partial charge in [0.2, 0.25) is 0 Å². The summed E-state index contributed by atoms with van der Waals surface area (Å²) in [6, 6.07) is 7.14. The summed E-state index contributed by atoms with van der Waals surface area (Å²) in [5.41, 5.74) is 7.90. The number of primary amides is 1. The number of nitrogens with zero attached hydrogens (tertiary/aromatic N) is 3. The molecule has 1 saturated heterocycles. The molecule has 0 unspecified atom stereocenters. The maximum atomic E-state index is 11.6. The molecular formula is C19H22N6O2. The van der Waals surface area contributed by atoms with Crippen LogP contribution in [0.3, 0.4) is 0 Å². The van der Waals surface area contributed by atoms with Crippen molar-refractivity contribution in [3.05, 3.63) is 42.2 Å². The van der Waals surface area contributed by atoms with Gasteiger partial charge in [-0.25, -0.2) is 4.98 Å². The van der Waals surface area contributed by atoms with Crippen molar-refractivity contribution in [2.75, 3.05) is 39.3 Å². The quantitative estimate of drug-likeness (QED) is 0.601. The topological polar surface area (TPSA) is 109 Å². The molecule has 1 aliphatic rings. The van der Waals surface area contributed by atoms with Crippen LogP contribution in [0, 0.1) is 0 Å². The minimum atomic E-state index is -0.502. The first kappa shape index (κ1) is 17.4. The lowest BCUT2D eigenvalue weighted by atomic mass is 10.2. The van der Waals surface area contributed by atoms with Gasteiger partial charge in [-0.2, -0.15) is 0 Å². The molecule has 3 aromatic rings. The number of nitrogens with one attached hydrogen (secondary N) is 2. The molecule has 4 rings (SSSR count). The first-order valence-corrected chi connectivity index (χ1v) is 9.01. The average Bonchev–Trinajstić information content (AvgIpc) is 3.13. The molecule has 27 heavy (non-hydrogen) atoms. The van der Waals surface area contributed by atoms with E-state index in [-0.39, 0.29) is 0 Å². The van der Waals surface area contributed by atoms with Crippen LogP contribution in [0.2, 0.25) is 0 Å². The summed E-state index contributed by atoms with van der Waals surface area (Å²) < 4.78 is 6.01. The van der Waals surface area contributed by atoms with Crippen LogP contribution in [0.25, 0.3) is 22.4 Å². The number of piperazine rings is 1. The minimum Gasteiger partial charge on any atom is -0.491 e. The highest BCUT2D eigenvalue weighted by molar-refractivity contribution is 6.04. The maximum Gasteiger partial charge on any atom is 0.250 e. The van der Waals surface area contributed by atoms with Crippen LogP contribution < -0.4 is 15.8 Å². The van der Waals surface area contributed by atoms with Gasteiger partial charge in [0.1, 0.15) is 23.7 Å². The van der Waals surface area contributed by atoms with Crippen LogP contribution in [-0.2, 0) is 0 Å². The molecule has 8 heteroatoms. The molecule has 1 fully saturated rings. The molecule has 0 radical (unpaired) electrons. The van der Waals surface area contributed by atoms with E-state index in [1.165, 1.54) is 0 Å². The normalized spacial score (nSPS) is 15.1. The summed E-state index contributed by atoms with van der Waals surface area (Å²) in [4.78, 5) is 26.0. The number of imidazole rings is 1. The van der Waals surface area contributed by atoms with Gasteiger partial charge in [-0.1, -0.05) is 6.07 Å². The molecule has 0 aliphatic carbocycles. The number of amides is 1. The molecule has 0 atom stereocenters. The van der Waals surface area contributed by atoms with Gasteiger partial charge in [0.15, 0.2) is 0 Å². The van der Waals surface area contributed by atoms with Gasteiger partial charge in [0.05, 0.1) is 16.6 Å². The van der Waals surface area contributed by atoms with Gasteiger partial charge in [0.25, 0.3) is 5.91 Å². The average molecular weight is 366 g/mol. The Morgan fingerprint density at radius 1 is 1.26 bits per heavy atom. The van der Waals surface area contributed by atoms with Crippen LogP contribution >= 0.6 is 0 Å². The number of para-hydroxylation sites is 1. The van der Waals surface area contributed by atoms with Crippen LogP contribution in [0.1, 0.15) is 10.4 Å². The van der Waals surface area contributed by atoms with Gasteiger partial charge < -0.3 is 20.8 Å². The number of benzene rings is 1. The minimum absolute atomic E-state index is 0.389. The Bertz CT molecular complexity index is 948. The number of ether oxygens (including phenoxy) is 1. The van der Waals surface area contributed by atoms with Gasteiger partial charge in [-0.15, -0.1) is 0 Å². The Morgan fingerprint density at radius 3 is 2.93 bits per heavy atom. The Balaban J connectivity index is 1.56. The lowest BCUT2D eigenvalue weighted by Gasteiger charge is -2.27. The largest absolute Gasteiger partial charge is 0.491 e. The highest BCUT2D eigenvalue weighted by atomic mass is 16.5. The summed E-state index contributed by atoms with van der Waals surface area (Å²) in [5, 5.41) is 3.34. The molecule has 0 spiro atoms. The summed E-state index contributed by atoms with van der Waals surface area (Å²) >= 11 is 0. The van der Waals surface area contributed by atoms with Gasteiger partial charge in [-0.3, -0.25) is 14.7 Å². The summed E-state index contributed by atoms with van der Waals surface area (Å²) in [6.07, 6.45) is 3.41. The fraction of sp³-hybridized carbons (Fsp3) is 0.316. The Hall–Kier alpha value is -2.97. The molecule has 1 aromatic carbocycles. The second kappa shape index (κ2) is 7.73. The van der Waals surface area contributed by atoms with Gasteiger partial charge in [0, 0.05) is 45.1 Å². The number of nitrogens with two attached hydrogens (primary N) is 1. The molecule has 0 saturated carbocycles. The zero-order valence-electron chi connectivity index (χ0n) is 14.9. The van der Waals surface area contributed by atoms with Crippen LogP contribution in [0.5, 0.6) is 5.75 Å². The number of aromatic amines is 1. The zero-order valence-corrected chi connectivity index (χ0v) is 14.9. The third-order valence-electron chi connectivity index (χ3n) is 4.69. The van der Waals surface area contributed by atoms with E-state index in [4.69, 9.17) is 10.5 Å². The van der Waals surface area contributed by atoms with Crippen LogP contribution in [0.15, 0.2) is 36.7 Å². The molecule has 1 amide bonds. The number of hydrogen-bond acceptors (Lipinski definition) is 6. The second-order valence-electron chi connectivity index (χ2n) is 6.46. The predicted molar refractivity (Wildman–Crippen MR) is 103 cm³/mol. The van der Waals surface area contributed by atoms with E-state index < -0.39 is 5.91 Å². The fourth-order valence-electron chi connectivity index (χ4n) is 3.26. The van der Waals surface area contributed by atoms with E-state index in [1.807, 2.05) is 12.1 Å². The van der Waals surface area contributed by atoms with Crippen LogP contribution in [-0.4, -0.2) is 65.1 Å². The number of carbonyl (C=O) groups is 1. The summed E-state index contributed by atoms with van der Waals surface area (Å²) in [6.45, 7) is 5.56. The summed E-state index contributed by atoms with van der Waals surface area (Å²) in [5.74, 6) is 0.807. The van der Waals surface area contributed by atoms with E-state index in [1.54, 1.807) is 24.5 Å². The van der Waals surface area contributed by atoms with Crippen molar-refractivity contribution in [2.24, 2.45) is 5.73 Å². The fourth-order valence-corrected chi connectivity index (χ4v) is 3.26. The number of carbonyl (C=O) groups excluding carboxylic acids is 1. The Morgan fingerprint density at radius 2 is 2.11 bits per heavy atom. The SMILES string of the molecule is NC(=O)c1cccc2[nH]c(-c3cnccc3OCCN3CCNCC3)nc12. The zero-order chi connectivity index (χ0) is 18.6. The first-order chi connectivity index (χ1) is 13.2. The van der Waals surface area contributed by atoms with E-state index in [9.17, 15) is 4.79 Å². The molecule has 0 bridgehead atoms. The van der Waals surface area contributed by atoms with Gasteiger partial charge >= 0.3 is 0 Å². The molecule has 4 N–H and O–H groups in total. The highest BCUT2D eigenvalue weighted by Crippen LogP contribution is 2.29. The highest BCUT2D eigenvalue weighted by Gasteiger charge is 2.16. The Kier molecular flexibility index (Phi) is 4.99. The number of aromatic nitrogens is 3. The molecular weight excluding hydrogens is 344 g/mol. The third-order valence-corrected chi connectivity index (χ3v) is 4.69. The van der Waals surface area contributed by atoms with E-state index in [2.05, 4.69) is 25.2 Å².